The zero-order chi connectivity index (χ0) is 22.9. The van der Waals surface area contributed by atoms with Gasteiger partial charge in [0.15, 0.2) is 11.5 Å². The number of benzene rings is 2. The Morgan fingerprint density at radius 2 is 1.72 bits per heavy atom. The summed E-state index contributed by atoms with van der Waals surface area (Å²) < 4.78 is 43.9. The lowest BCUT2D eigenvalue weighted by Gasteiger charge is -2.19. The van der Waals surface area contributed by atoms with Crippen molar-refractivity contribution in [1.29, 1.82) is 0 Å². The number of nitrogens with zero attached hydrogens (tertiary/aromatic N) is 3. The fraction of sp³-hybridized carbons (Fsp3) is 0.182. The summed E-state index contributed by atoms with van der Waals surface area (Å²) in [6, 6.07) is 14.0. The summed E-state index contributed by atoms with van der Waals surface area (Å²) in [7, 11) is 0.772. The van der Waals surface area contributed by atoms with E-state index in [1.165, 1.54) is 29.8 Å². The second kappa shape index (κ2) is 8.64. The minimum Gasteiger partial charge on any atom is -0.493 e. The summed E-state index contributed by atoms with van der Waals surface area (Å²) in [6.45, 7) is 1.95. The molecule has 166 valence electrons. The van der Waals surface area contributed by atoms with Crippen LogP contribution in [-0.4, -0.2) is 39.8 Å². The van der Waals surface area contributed by atoms with Crippen LogP contribution in [0.4, 0.5) is 5.69 Å². The quantitative estimate of drug-likeness (QED) is 0.388. The van der Waals surface area contributed by atoms with Crippen LogP contribution in [0.1, 0.15) is 5.56 Å². The third-order valence-electron chi connectivity index (χ3n) is 4.93. The summed E-state index contributed by atoms with van der Waals surface area (Å²) in [5.74, 6) is 1.53. The number of methoxy groups -OCH3 is 2. The maximum absolute atomic E-state index is 13.3. The number of anilines is 1. The van der Waals surface area contributed by atoms with E-state index in [2.05, 4.69) is 10.1 Å². The predicted molar refractivity (Wildman–Crippen MR) is 123 cm³/mol. The Hall–Kier alpha value is -3.37. The number of hydrogen-bond acceptors (Lipinski definition) is 8. The number of aromatic nitrogens is 2. The highest BCUT2D eigenvalue weighted by molar-refractivity contribution is 7.93. The van der Waals surface area contributed by atoms with Crippen molar-refractivity contribution in [2.75, 3.05) is 25.6 Å². The zero-order valence-electron chi connectivity index (χ0n) is 17.9. The number of aryl methyl sites for hydroxylation is 1. The van der Waals surface area contributed by atoms with E-state index in [1.54, 1.807) is 48.9 Å². The van der Waals surface area contributed by atoms with E-state index in [1.807, 2.05) is 19.1 Å². The Kier molecular flexibility index (Phi) is 5.90. The van der Waals surface area contributed by atoms with Gasteiger partial charge in [0.25, 0.3) is 15.9 Å². The van der Waals surface area contributed by atoms with E-state index in [0.717, 1.165) is 5.56 Å². The molecule has 8 nitrogen and oxygen atoms in total. The molecule has 0 atom stereocenters. The summed E-state index contributed by atoms with van der Waals surface area (Å²) in [6.07, 6.45) is 0. The van der Waals surface area contributed by atoms with Gasteiger partial charge in [0.1, 0.15) is 9.77 Å². The molecular formula is C22H21N3O5S2. The molecule has 0 aliphatic carbocycles. The van der Waals surface area contributed by atoms with Crippen molar-refractivity contribution in [1.82, 2.24) is 10.1 Å². The van der Waals surface area contributed by atoms with E-state index in [9.17, 15) is 8.42 Å². The number of ether oxygens (including phenoxy) is 2. The zero-order valence-corrected chi connectivity index (χ0v) is 19.5. The van der Waals surface area contributed by atoms with Crippen molar-refractivity contribution in [3.63, 3.8) is 0 Å². The Morgan fingerprint density at radius 3 is 2.41 bits per heavy atom. The fourth-order valence-electron chi connectivity index (χ4n) is 3.11. The lowest BCUT2D eigenvalue weighted by molar-refractivity contribution is 0.355. The van der Waals surface area contributed by atoms with Gasteiger partial charge in [-0.05, 0) is 48.7 Å². The van der Waals surface area contributed by atoms with E-state index in [0.29, 0.717) is 33.5 Å². The van der Waals surface area contributed by atoms with E-state index < -0.39 is 10.0 Å². The molecule has 0 bridgehead atoms. The Labute approximate surface area is 190 Å². The first-order valence-corrected chi connectivity index (χ1v) is 11.9. The predicted octanol–water partition coefficient (Wildman–Crippen LogP) is 4.62. The van der Waals surface area contributed by atoms with Crippen LogP contribution in [0.5, 0.6) is 11.5 Å². The molecule has 2 aromatic carbocycles. The van der Waals surface area contributed by atoms with E-state index >= 15 is 0 Å². The Bertz CT molecular complexity index is 1340. The molecular weight excluding hydrogens is 450 g/mol. The van der Waals surface area contributed by atoms with Gasteiger partial charge in [-0.1, -0.05) is 22.9 Å². The first-order chi connectivity index (χ1) is 15.3. The standard InChI is InChI=1S/C22H21N3O5S2/c1-14-5-8-16(9-6-14)25(2)32(26,27)19-11-12-31-20(19)22-23-21(24-30-22)15-7-10-17(28-3)18(13-15)29-4/h5-13H,1-4H3. The van der Waals surface area contributed by atoms with Crippen LogP contribution in [0.25, 0.3) is 22.2 Å². The van der Waals surface area contributed by atoms with Crippen LogP contribution in [0.15, 0.2) is 63.3 Å². The molecule has 0 spiro atoms. The van der Waals surface area contributed by atoms with Crippen LogP contribution in [0.3, 0.4) is 0 Å². The lowest BCUT2D eigenvalue weighted by Crippen LogP contribution is -2.26. The highest BCUT2D eigenvalue weighted by Crippen LogP contribution is 2.36. The molecule has 32 heavy (non-hydrogen) atoms. The average molecular weight is 472 g/mol. The Balaban J connectivity index is 1.69. The van der Waals surface area contributed by atoms with Gasteiger partial charge < -0.3 is 14.0 Å². The van der Waals surface area contributed by atoms with Gasteiger partial charge in [0, 0.05) is 12.6 Å². The maximum Gasteiger partial charge on any atom is 0.269 e. The summed E-state index contributed by atoms with van der Waals surface area (Å²) >= 11 is 1.22. The molecule has 0 N–H and O–H groups in total. The molecule has 0 aliphatic rings. The minimum atomic E-state index is -3.84. The first kappa shape index (κ1) is 21.8. The van der Waals surface area contributed by atoms with Gasteiger partial charge in [-0.25, -0.2) is 8.42 Å². The van der Waals surface area contributed by atoms with Crippen molar-refractivity contribution >= 4 is 27.0 Å². The van der Waals surface area contributed by atoms with Gasteiger partial charge in [-0.15, -0.1) is 11.3 Å². The maximum atomic E-state index is 13.3. The monoisotopic (exact) mass is 471 g/mol. The smallest absolute Gasteiger partial charge is 0.269 e. The van der Waals surface area contributed by atoms with Gasteiger partial charge in [-0.2, -0.15) is 4.98 Å². The van der Waals surface area contributed by atoms with E-state index in [-0.39, 0.29) is 10.8 Å². The normalized spacial score (nSPS) is 11.4. The largest absolute Gasteiger partial charge is 0.493 e. The van der Waals surface area contributed by atoms with E-state index in [4.69, 9.17) is 14.0 Å². The summed E-state index contributed by atoms with van der Waals surface area (Å²) in [4.78, 5) is 4.91. The lowest BCUT2D eigenvalue weighted by atomic mass is 10.2. The van der Waals surface area contributed by atoms with Crippen LogP contribution in [0, 0.1) is 6.92 Å². The molecule has 4 aromatic rings. The van der Waals surface area contributed by atoms with Gasteiger partial charge in [-0.3, -0.25) is 4.31 Å². The summed E-state index contributed by atoms with van der Waals surface area (Å²) in [5.41, 5.74) is 2.25. The van der Waals surface area contributed by atoms with Crippen molar-refractivity contribution < 1.29 is 22.4 Å². The van der Waals surface area contributed by atoms with Crippen molar-refractivity contribution in [2.24, 2.45) is 0 Å². The molecule has 0 saturated heterocycles. The topological polar surface area (TPSA) is 94.8 Å². The van der Waals surface area contributed by atoms with Crippen molar-refractivity contribution in [3.8, 4) is 33.7 Å². The number of thiophene rings is 1. The van der Waals surface area contributed by atoms with Gasteiger partial charge in [0.2, 0.25) is 5.82 Å². The highest BCUT2D eigenvalue weighted by atomic mass is 32.2. The molecule has 0 aliphatic heterocycles. The van der Waals surface area contributed by atoms with Gasteiger partial charge in [0.05, 0.1) is 19.9 Å². The van der Waals surface area contributed by atoms with Crippen LogP contribution < -0.4 is 13.8 Å². The van der Waals surface area contributed by atoms with Gasteiger partial charge >= 0.3 is 0 Å². The molecule has 4 rings (SSSR count). The van der Waals surface area contributed by atoms with Crippen LogP contribution in [-0.2, 0) is 10.0 Å². The SMILES string of the molecule is COc1ccc(-c2noc(-c3sccc3S(=O)(=O)N(C)c3ccc(C)cc3)n2)cc1OC. The minimum absolute atomic E-state index is 0.105. The Morgan fingerprint density at radius 1 is 1.00 bits per heavy atom. The average Bonchev–Trinajstić information content (AvgIpc) is 3.48. The molecule has 10 heteroatoms. The third-order valence-corrected chi connectivity index (χ3v) is 7.79. The number of sulfonamides is 1. The van der Waals surface area contributed by atoms with Crippen LogP contribution >= 0.6 is 11.3 Å². The highest BCUT2D eigenvalue weighted by Gasteiger charge is 2.28. The molecule has 2 heterocycles. The summed E-state index contributed by atoms with van der Waals surface area (Å²) in [5, 5.41) is 5.71. The second-order valence-electron chi connectivity index (χ2n) is 6.91. The van der Waals surface area contributed by atoms with Crippen molar-refractivity contribution in [2.45, 2.75) is 11.8 Å². The van der Waals surface area contributed by atoms with Crippen molar-refractivity contribution in [3.05, 3.63) is 59.5 Å². The molecule has 0 amide bonds. The molecule has 0 unspecified atom stereocenters. The van der Waals surface area contributed by atoms with Crippen LogP contribution in [0.2, 0.25) is 0 Å². The number of hydrogen-bond donors (Lipinski definition) is 0. The third kappa shape index (κ3) is 3.94. The second-order valence-corrected chi connectivity index (χ2v) is 9.77. The molecule has 0 saturated carbocycles. The molecule has 2 aromatic heterocycles. The molecule has 0 fully saturated rings. The number of rotatable bonds is 7. The first-order valence-electron chi connectivity index (χ1n) is 9.54. The molecule has 0 radical (unpaired) electrons. The fourth-order valence-corrected chi connectivity index (χ4v) is 5.62.